The van der Waals surface area contributed by atoms with Gasteiger partial charge in [0, 0.05) is 95.3 Å². The number of amides is 14. The van der Waals surface area contributed by atoms with Gasteiger partial charge >= 0.3 is 12.1 Å². The summed E-state index contributed by atoms with van der Waals surface area (Å²) in [6.45, 7) is 5.63. The Morgan fingerprint density at radius 3 is 1.86 bits per heavy atom. The predicted octanol–water partition coefficient (Wildman–Crippen LogP) is 2.92. The SMILES string of the molecule is CCO[C@@H]1C[C@@H](C(=O)NC2(C(=O)N(C)[C@H](C(=O)N(C)[C@@H](CC(=O)N(C)[C@@H](CC)C(N)=O)C(=O)N(C)C)C3CCCC3)CCC2)N(C(=O)[C@H](CCC(=O)ON2C(=O)c3ccccc3C2=O)NC(=O)CN(C)C(=O)[C@H](Cc2ccc(C(F)(F)F)cc2)N2CCCC[C@H](N(C)C(=O)CN(C)C(=O)C[C@@H](C)CC)C2=O)C1. The van der Waals surface area contributed by atoms with Gasteiger partial charge in [0.1, 0.15) is 47.8 Å². The summed E-state index contributed by atoms with van der Waals surface area (Å²) in [6, 6.07) is 0.0446. The third-order valence-corrected chi connectivity index (χ3v) is 21.5. The highest BCUT2D eigenvalue weighted by atomic mass is 19.4. The molecule has 3 heterocycles. The van der Waals surface area contributed by atoms with Gasteiger partial charge in [0.05, 0.1) is 48.7 Å². The number of nitrogens with zero attached hydrogens (tertiary/aromatic N) is 10. The zero-order valence-electron chi connectivity index (χ0n) is 63.3. The Kier molecular flexibility index (Phi) is 29.2. The second kappa shape index (κ2) is 36.8. The Morgan fingerprint density at radius 2 is 1.31 bits per heavy atom. The van der Waals surface area contributed by atoms with E-state index in [0.29, 0.717) is 44.9 Å². The monoisotopic (exact) mass is 1500 g/mol. The summed E-state index contributed by atoms with van der Waals surface area (Å²) in [5, 5.41) is 5.76. The van der Waals surface area contributed by atoms with E-state index < -0.39 is 180 Å². The molecule has 7 rings (SSSR count). The molecule has 107 heavy (non-hydrogen) atoms. The van der Waals surface area contributed by atoms with E-state index in [4.69, 9.17) is 15.3 Å². The number of likely N-dealkylation sites (tertiary alicyclic amines) is 2. The number of nitrogens with one attached hydrogen (secondary N) is 2. The lowest BCUT2D eigenvalue weighted by molar-refractivity contribution is -0.169. The fourth-order valence-electron chi connectivity index (χ4n) is 14.7. The molecule has 0 radical (unpaired) electrons. The molecule has 2 saturated carbocycles. The van der Waals surface area contributed by atoms with Crippen molar-refractivity contribution in [1.82, 2.24) is 59.8 Å². The smallest absolute Gasteiger partial charge is 0.377 e. The summed E-state index contributed by atoms with van der Waals surface area (Å²) in [7, 11) is 11.1. The van der Waals surface area contributed by atoms with Crippen LogP contribution in [0.2, 0.25) is 0 Å². The third-order valence-electron chi connectivity index (χ3n) is 21.5. The molecule has 9 atom stereocenters. The van der Waals surface area contributed by atoms with Crippen molar-refractivity contribution in [2.75, 3.05) is 89.2 Å². The fourth-order valence-corrected chi connectivity index (χ4v) is 14.7. The first-order valence-corrected chi connectivity index (χ1v) is 36.6. The minimum atomic E-state index is -4.73. The fraction of sp³-hybridized carbons (Fsp3) is 0.635. The van der Waals surface area contributed by atoms with Crippen LogP contribution in [0.25, 0.3) is 0 Å². The van der Waals surface area contributed by atoms with Gasteiger partial charge < -0.3 is 70.0 Å². The first kappa shape index (κ1) is 84.7. The number of hydrogen-bond donors (Lipinski definition) is 3. The number of likely N-dealkylation sites (N-methyl/N-ethyl adjacent to an activating group) is 7. The second-order valence-electron chi connectivity index (χ2n) is 29.1. The summed E-state index contributed by atoms with van der Waals surface area (Å²) in [6.07, 6.45) is -3.16. The van der Waals surface area contributed by atoms with Crippen molar-refractivity contribution in [3.63, 3.8) is 0 Å². The minimum Gasteiger partial charge on any atom is -0.377 e. The average molecular weight is 1500 g/mol. The Labute approximate surface area is 621 Å². The van der Waals surface area contributed by atoms with Gasteiger partial charge in [0.25, 0.3) is 11.8 Å². The van der Waals surface area contributed by atoms with E-state index in [0.717, 1.165) is 50.3 Å². The van der Waals surface area contributed by atoms with Crippen molar-refractivity contribution >= 4 is 88.7 Å². The number of hydroxylamine groups is 2. The molecule has 14 amide bonds. The summed E-state index contributed by atoms with van der Waals surface area (Å²) in [5.74, 6) is -12.2. The van der Waals surface area contributed by atoms with Crippen LogP contribution < -0.4 is 16.4 Å². The van der Waals surface area contributed by atoms with Crippen molar-refractivity contribution in [1.29, 1.82) is 0 Å². The van der Waals surface area contributed by atoms with Crippen LogP contribution in [-0.2, 0) is 84.5 Å². The average Bonchev–Trinajstić information content (AvgIpc) is 1.76. The number of imide groups is 1. The molecular weight excluding hydrogens is 1400 g/mol. The quantitative estimate of drug-likeness (QED) is 0.0865. The first-order chi connectivity index (χ1) is 50.4. The summed E-state index contributed by atoms with van der Waals surface area (Å²) in [5.41, 5.74) is 3.01. The number of fused-ring (bicyclic) bond motifs is 1. The van der Waals surface area contributed by atoms with Gasteiger partial charge in [-0.15, -0.1) is 0 Å². The number of carbonyl (C=O) groups excluding carboxylic acids is 15. The molecule has 2 aromatic rings. The molecule has 33 heteroatoms. The zero-order valence-corrected chi connectivity index (χ0v) is 63.3. The molecule has 2 aliphatic carbocycles. The number of benzene rings is 2. The Morgan fingerprint density at radius 1 is 0.692 bits per heavy atom. The third kappa shape index (κ3) is 20.2. The molecule has 4 N–H and O–H groups in total. The number of carbonyl (C=O) groups is 15. The van der Waals surface area contributed by atoms with Crippen LogP contribution in [-0.4, -0.2) is 281 Å². The summed E-state index contributed by atoms with van der Waals surface area (Å²) >= 11 is 0. The van der Waals surface area contributed by atoms with E-state index in [1.54, 1.807) is 13.8 Å². The highest BCUT2D eigenvalue weighted by molar-refractivity contribution is 6.21. The molecule has 5 aliphatic rings. The summed E-state index contributed by atoms with van der Waals surface area (Å²) < 4.78 is 47.6. The van der Waals surface area contributed by atoms with Gasteiger partial charge in [-0.2, -0.15) is 13.2 Å². The van der Waals surface area contributed by atoms with Crippen molar-refractivity contribution < 1.29 is 94.7 Å². The number of ether oxygens (including phenoxy) is 1. The maximum Gasteiger partial charge on any atom is 0.416 e. The Bertz CT molecular complexity index is 3630. The van der Waals surface area contributed by atoms with Gasteiger partial charge in [-0.3, -0.25) is 67.1 Å². The number of hydrogen-bond acceptors (Lipinski definition) is 17. The molecule has 2 aromatic carbocycles. The van der Waals surface area contributed by atoms with Gasteiger partial charge in [-0.05, 0) is 113 Å². The highest BCUT2D eigenvalue weighted by Gasteiger charge is 2.54. The number of alkyl halides is 3. The highest BCUT2D eigenvalue weighted by Crippen LogP contribution is 2.39. The van der Waals surface area contributed by atoms with E-state index >= 15 is 24.0 Å². The maximum atomic E-state index is 15.5. The van der Waals surface area contributed by atoms with E-state index in [1.165, 1.54) is 105 Å². The van der Waals surface area contributed by atoms with Crippen LogP contribution in [0.3, 0.4) is 0 Å². The molecule has 0 aromatic heterocycles. The standard InChI is InChI=1S/C74H104F3N13O17/c1-13-44(4)37-58(92)82(7)43-60(94)85(10)53-27-20-21-36-88(70(53)103)56(38-45-28-30-47(31-29-45)74(75,76)77)69(102)83(8)42-57(91)79-51(32-33-61(95)107-90-65(98)49-25-18-19-26-50(49)66(90)99)67(100)89-41-48(106-15-3)39-54(89)64(97)80-73(34-22-35-73)72(105)87(12)62(46-23-16-17-24-46)71(104)86(11)55(68(101)81(5)6)40-59(93)84(9)52(14-2)63(78)96/h18-19,25-26,28-31,44,46,48,51-56,62H,13-17,20-24,27,32-43H2,1-12H3,(H2,78,96)(H,79,91)(H,80,97)/t44-,48+,51-,52-,53-,54-,55-,56-,62-/m0/s1. The van der Waals surface area contributed by atoms with Crippen molar-refractivity contribution in [2.45, 2.75) is 203 Å². The van der Waals surface area contributed by atoms with Crippen LogP contribution in [0.15, 0.2) is 48.5 Å². The van der Waals surface area contributed by atoms with Gasteiger partial charge in [-0.1, -0.05) is 69.4 Å². The maximum absolute atomic E-state index is 15.5. The molecule has 3 aliphatic heterocycles. The number of rotatable bonds is 33. The summed E-state index contributed by atoms with van der Waals surface area (Å²) in [4.78, 5) is 229. The molecule has 0 bridgehead atoms. The molecule has 4 fully saturated rings. The molecule has 0 spiro atoms. The Balaban J connectivity index is 1.17. The van der Waals surface area contributed by atoms with E-state index in [2.05, 4.69) is 10.6 Å². The topological polar surface area (TPSA) is 357 Å². The normalized spacial score (nSPS) is 19.5. The first-order valence-electron chi connectivity index (χ1n) is 36.6. The van der Waals surface area contributed by atoms with Crippen LogP contribution >= 0.6 is 0 Å². The second-order valence-corrected chi connectivity index (χ2v) is 29.1. The lowest BCUT2D eigenvalue weighted by atomic mass is 9.74. The van der Waals surface area contributed by atoms with Crippen LogP contribution in [0, 0.1) is 11.8 Å². The zero-order chi connectivity index (χ0) is 79.3. The lowest BCUT2D eigenvalue weighted by Gasteiger charge is -2.46. The van der Waals surface area contributed by atoms with E-state index in [-0.39, 0.29) is 105 Å². The number of primary amides is 1. The van der Waals surface area contributed by atoms with Gasteiger partial charge in [0.15, 0.2) is 0 Å². The number of halogens is 3. The van der Waals surface area contributed by atoms with Crippen LogP contribution in [0.4, 0.5) is 13.2 Å². The Hall–Kier alpha value is -9.56. The molecule has 588 valence electrons. The van der Waals surface area contributed by atoms with Crippen LogP contribution in [0.5, 0.6) is 0 Å². The lowest BCUT2D eigenvalue weighted by Crippen LogP contribution is -2.68. The largest absolute Gasteiger partial charge is 0.416 e. The minimum absolute atomic E-state index is 0.0361. The molecule has 0 unspecified atom stereocenters. The molecular formula is C74H104F3N13O17. The van der Waals surface area contributed by atoms with Crippen molar-refractivity contribution in [3.05, 3.63) is 70.8 Å². The van der Waals surface area contributed by atoms with Crippen LogP contribution in [0.1, 0.15) is 169 Å². The molecule has 2 saturated heterocycles. The predicted molar refractivity (Wildman–Crippen MR) is 379 cm³/mol. The van der Waals surface area contributed by atoms with Gasteiger partial charge in [-0.25, -0.2) is 4.79 Å². The van der Waals surface area contributed by atoms with Gasteiger partial charge in [0.2, 0.25) is 70.9 Å². The van der Waals surface area contributed by atoms with Crippen molar-refractivity contribution in [2.24, 2.45) is 17.6 Å². The van der Waals surface area contributed by atoms with Crippen molar-refractivity contribution in [3.8, 4) is 0 Å². The number of nitrogens with two attached hydrogens (primary N) is 1. The molecule has 30 nitrogen and oxygen atoms in total. The van der Waals surface area contributed by atoms with E-state index in [9.17, 15) is 61.1 Å². The van der Waals surface area contributed by atoms with E-state index in [1.807, 2.05) is 13.8 Å².